The zero-order valence-electron chi connectivity index (χ0n) is 10.1. The van der Waals surface area contributed by atoms with Crippen LogP contribution in [-0.2, 0) is 22.8 Å². The van der Waals surface area contributed by atoms with Crippen molar-refractivity contribution in [3.63, 3.8) is 0 Å². The summed E-state index contributed by atoms with van der Waals surface area (Å²) in [6.07, 6.45) is 0.194. The van der Waals surface area contributed by atoms with Crippen molar-refractivity contribution >= 4 is 9.84 Å². The highest BCUT2D eigenvalue weighted by Crippen LogP contribution is 2.25. The molecule has 2 unspecified atom stereocenters. The number of hydrogen-bond donors (Lipinski definition) is 1. The van der Waals surface area contributed by atoms with Gasteiger partial charge in [0.1, 0.15) is 0 Å². The number of hydrogen-bond acceptors (Lipinski definition) is 4. The normalized spacial score (nSPS) is 31.2. The predicted octanol–water partition coefficient (Wildman–Crippen LogP) is 0.203. The van der Waals surface area contributed by atoms with Gasteiger partial charge in [0.05, 0.1) is 23.7 Å². The first-order chi connectivity index (χ1) is 8.55. The first kappa shape index (κ1) is 12.1. The molecular weight excluding hydrogens is 250 g/mol. The summed E-state index contributed by atoms with van der Waals surface area (Å²) in [7, 11) is -3.06. The van der Waals surface area contributed by atoms with Gasteiger partial charge in [-0.1, -0.05) is 24.3 Å². The number of rotatable bonds is 1. The maximum atomic E-state index is 11.6. The monoisotopic (exact) mass is 267 g/mol. The molecule has 18 heavy (non-hydrogen) atoms. The summed E-state index contributed by atoms with van der Waals surface area (Å²) in [6, 6.07) is 8.00. The summed E-state index contributed by atoms with van der Waals surface area (Å²) in [6.45, 7) is 1.57. The van der Waals surface area contributed by atoms with Gasteiger partial charge < -0.3 is 5.11 Å². The summed E-state index contributed by atoms with van der Waals surface area (Å²) >= 11 is 0. The summed E-state index contributed by atoms with van der Waals surface area (Å²) < 4.78 is 23.1. The maximum Gasteiger partial charge on any atom is 0.154 e. The Morgan fingerprint density at radius 3 is 2.56 bits per heavy atom. The summed E-state index contributed by atoms with van der Waals surface area (Å²) in [5.74, 6) is 0.00610. The van der Waals surface area contributed by atoms with Gasteiger partial charge in [0.25, 0.3) is 0 Å². The number of sulfone groups is 1. The highest BCUT2D eigenvalue weighted by molar-refractivity contribution is 7.91. The minimum atomic E-state index is -3.06. The second-order valence-electron chi connectivity index (χ2n) is 5.20. The van der Waals surface area contributed by atoms with Crippen molar-refractivity contribution in [2.45, 2.75) is 25.1 Å². The van der Waals surface area contributed by atoms with Crippen LogP contribution in [0.1, 0.15) is 11.1 Å². The van der Waals surface area contributed by atoms with E-state index in [0.29, 0.717) is 0 Å². The molecule has 98 valence electrons. The van der Waals surface area contributed by atoms with Crippen LogP contribution in [0.5, 0.6) is 0 Å². The molecule has 1 aromatic carbocycles. The molecule has 5 heteroatoms. The van der Waals surface area contributed by atoms with Crippen LogP contribution in [0.25, 0.3) is 0 Å². The molecule has 1 N–H and O–H groups in total. The van der Waals surface area contributed by atoms with E-state index < -0.39 is 15.9 Å². The van der Waals surface area contributed by atoms with Gasteiger partial charge in [0.15, 0.2) is 9.84 Å². The molecule has 2 aliphatic rings. The molecule has 0 bridgehead atoms. The number of fused-ring (bicyclic) bond motifs is 1. The Hall–Kier alpha value is -0.910. The molecule has 2 aliphatic heterocycles. The first-order valence-electron chi connectivity index (χ1n) is 6.24. The smallest absolute Gasteiger partial charge is 0.154 e. The summed E-state index contributed by atoms with van der Waals surface area (Å²) in [4.78, 5) is 2.11. The van der Waals surface area contributed by atoms with E-state index in [-0.39, 0.29) is 17.5 Å². The molecular formula is C13H17NO3S. The van der Waals surface area contributed by atoms with Crippen molar-refractivity contribution in [3.05, 3.63) is 35.4 Å². The molecule has 3 rings (SSSR count). The van der Waals surface area contributed by atoms with Crippen molar-refractivity contribution in [1.82, 2.24) is 4.90 Å². The molecule has 0 aromatic heterocycles. The number of aliphatic hydroxyl groups is 1. The Bertz CT molecular complexity index is 555. The second kappa shape index (κ2) is 4.33. The standard InChI is InChI=1S/C13H17NO3S/c15-13-9-18(16,17)8-12(13)14-6-5-10-3-1-2-4-11(10)7-14/h1-4,12-13,15H,5-9H2. The van der Waals surface area contributed by atoms with E-state index in [1.165, 1.54) is 11.1 Å². The van der Waals surface area contributed by atoms with Crippen LogP contribution < -0.4 is 0 Å². The molecule has 1 fully saturated rings. The summed E-state index contributed by atoms with van der Waals surface area (Å²) in [5, 5.41) is 9.90. The van der Waals surface area contributed by atoms with E-state index in [2.05, 4.69) is 17.0 Å². The van der Waals surface area contributed by atoms with Crippen LogP contribution in [0.3, 0.4) is 0 Å². The fraction of sp³-hybridized carbons (Fsp3) is 0.538. The van der Waals surface area contributed by atoms with E-state index in [4.69, 9.17) is 0 Å². The lowest BCUT2D eigenvalue weighted by molar-refractivity contribution is 0.0747. The van der Waals surface area contributed by atoms with Gasteiger partial charge in [0.2, 0.25) is 0 Å². The van der Waals surface area contributed by atoms with Crippen molar-refractivity contribution in [2.75, 3.05) is 18.1 Å². The van der Waals surface area contributed by atoms with Crippen LogP contribution in [0.15, 0.2) is 24.3 Å². The molecule has 0 amide bonds. The van der Waals surface area contributed by atoms with Gasteiger partial charge in [-0.25, -0.2) is 8.42 Å². The highest BCUT2D eigenvalue weighted by atomic mass is 32.2. The zero-order valence-corrected chi connectivity index (χ0v) is 10.9. The van der Waals surface area contributed by atoms with Crippen LogP contribution in [0, 0.1) is 0 Å². The summed E-state index contributed by atoms with van der Waals surface area (Å²) in [5.41, 5.74) is 2.59. The van der Waals surface area contributed by atoms with Crippen LogP contribution in [0.4, 0.5) is 0 Å². The quantitative estimate of drug-likeness (QED) is 0.790. The molecule has 2 heterocycles. The van der Waals surface area contributed by atoms with Crippen molar-refractivity contribution in [1.29, 1.82) is 0 Å². The van der Waals surface area contributed by atoms with Gasteiger partial charge >= 0.3 is 0 Å². The third kappa shape index (κ3) is 2.18. The topological polar surface area (TPSA) is 57.6 Å². The molecule has 0 saturated carbocycles. The fourth-order valence-electron chi connectivity index (χ4n) is 2.96. The number of benzene rings is 1. The van der Waals surface area contributed by atoms with E-state index in [9.17, 15) is 13.5 Å². The lowest BCUT2D eigenvalue weighted by Crippen LogP contribution is -2.45. The molecule has 1 saturated heterocycles. The third-order valence-electron chi connectivity index (χ3n) is 3.92. The zero-order chi connectivity index (χ0) is 12.8. The Morgan fingerprint density at radius 2 is 1.89 bits per heavy atom. The third-order valence-corrected chi connectivity index (χ3v) is 5.62. The average Bonchev–Trinajstić information content (AvgIpc) is 2.62. The van der Waals surface area contributed by atoms with Gasteiger partial charge in [-0.15, -0.1) is 0 Å². The minimum Gasteiger partial charge on any atom is -0.390 e. The fourth-order valence-corrected chi connectivity index (χ4v) is 4.79. The molecule has 4 nitrogen and oxygen atoms in total. The van der Waals surface area contributed by atoms with E-state index in [1.54, 1.807) is 0 Å². The van der Waals surface area contributed by atoms with Gasteiger partial charge in [-0.05, 0) is 17.5 Å². The Morgan fingerprint density at radius 1 is 1.17 bits per heavy atom. The first-order valence-corrected chi connectivity index (χ1v) is 8.07. The van der Waals surface area contributed by atoms with Gasteiger partial charge in [0, 0.05) is 13.1 Å². The molecule has 1 aromatic rings. The number of nitrogens with zero attached hydrogens (tertiary/aromatic N) is 1. The van der Waals surface area contributed by atoms with Crippen LogP contribution in [0.2, 0.25) is 0 Å². The van der Waals surface area contributed by atoms with Crippen molar-refractivity contribution in [3.8, 4) is 0 Å². The molecule has 0 spiro atoms. The minimum absolute atomic E-state index is 0.0875. The van der Waals surface area contributed by atoms with Crippen molar-refractivity contribution < 1.29 is 13.5 Å². The van der Waals surface area contributed by atoms with Crippen LogP contribution in [-0.4, -0.2) is 48.6 Å². The predicted molar refractivity (Wildman–Crippen MR) is 69.0 cm³/mol. The van der Waals surface area contributed by atoms with Crippen molar-refractivity contribution in [2.24, 2.45) is 0 Å². The molecule has 2 atom stereocenters. The Kier molecular flexibility index (Phi) is 2.92. The maximum absolute atomic E-state index is 11.6. The highest BCUT2D eigenvalue weighted by Gasteiger charge is 2.40. The van der Waals surface area contributed by atoms with E-state index in [0.717, 1.165) is 19.5 Å². The molecule has 0 aliphatic carbocycles. The second-order valence-corrected chi connectivity index (χ2v) is 7.35. The largest absolute Gasteiger partial charge is 0.390 e. The van der Waals surface area contributed by atoms with E-state index >= 15 is 0 Å². The molecule has 0 radical (unpaired) electrons. The van der Waals surface area contributed by atoms with E-state index in [1.807, 2.05) is 12.1 Å². The van der Waals surface area contributed by atoms with Crippen LogP contribution >= 0.6 is 0 Å². The number of aliphatic hydroxyl groups excluding tert-OH is 1. The lowest BCUT2D eigenvalue weighted by atomic mass is 9.98. The average molecular weight is 267 g/mol. The Labute approximate surface area is 107 Å². The SMILES string of the molecule is O=S1(=O)CC(O)C(N2CCc3ccccc3C2)C1. The van der Waals surface area contributed by atoms with Gasteiger partial charge in [-0.2, -0.15) is 0 Å². The van der Waals surface area contributed by atoms with Gasteiger partial charge in [-0.3, -0.25) is 4.90 Å². The lowest BCUT2D eigenvalue weighted by Gasteiger charge is -2.34. The Balaban J connectivity index is 1.81.